The highest BCUT2D eigenvalue weighted by molar-refractivity contribution is 9.10. The zero-order valence-electron chi connectivity index (χ0n) is 10.5. The molecule has 4 nitrogen and oxygen atoms in total. The first-order chi connectivity index (χ1) is 9.26. The van der Waals surface area contributed by atoms with Crippen molar-refractivity contribution in [2.75, 3.05) is 7.11 Å². The Morgan fingerprint density at radius 2 is 2.21 bits per heavy atom. The molecule has 5 heteroatoms. The first kappa shape index (κ1) is 12.4. The second-order valence-corrected chi connectivity index (χ2v) is 5.28. The molecule has 0 saturated heterocycles. The van der Waals surface area contributed by atoms with Crippen molar-refractivity contribution in [3.8, 4) is 0 Å². The van der Waals surface area contributed by atoms with Crippen molar-refractivity contribution in [2.45, 2.75) is 13.2 Å². The van der Waals surface area contributed by atoms with Gasteiger partial charge in [-0.05, 0) is 23.6 Å². The second-order valence-electron chi connectivity index (χ2n) is 4.36. The molecule has 0 aliphatic carbocycles. The van der Waals surface area contributed by atoms with E-state index in [9.17, 15) is 0 Å². The highest BCUT2D eigenvalue weighted by Crippen LogP contribution is 2.21. The maximum absolute atomic E-state index is 5.19. The summed E-state index contributed by atoms with van der Waals surface area (Å²) in [5, 5.41) is 5.26. The minimum atomic E-state index is 0.449. The fourth-order valence-corrected chi connectivity index (χ4v) is 2.46. The van der Waals surface area contributed by atoms with E-state index in [0.29, 0.717) is 13.2 Å². The quantitative estimate of drug-likeness (QED) is 0.737. The Kier molecular flexibility index (Phi) is 3.40. The predicted octanol–water partition coefficient (Wildman–Crippen LogP) is 3.59. The number of rotatable bonds is 4. The molecular weight excluding hydrogens is 308 g/mol. The van der Waals surface area contributed by atoms with Crippen LogP contribution in [0.1, 0.15) is 11.5 Å². The summed E-state index contributed by atoms with van der Waals surface area (Å²) < 4.78 is 13.4. The monoisotopic (exact) mass is 320 g/mol. The van der Waals surface area contributed by atoms with Crippen LogP contribution in [-0.2, 0) is 17.9 Å². The van der Waals surface area contributed by atoms with Gasteiger partial charge in [-0.1, -0.05) is 27.2 Å². The largest absolute Gasteiger partial charge is 0.377 e. The van der Waals surface area contributed by atoms with Gasteiger partial charge in [0, 0.05) is 29.4 Å². The molecule has 3 rings (SSSR count). The van der Waals surface area contributed by atoms with E-state index >= 15 is 0 Å². The van der Waals surface area contributed by atoms with Gasteiger partial charge in [0.05, 0.1) is 6.54 Å². The van der Waals surface area contributed by atoms with Crippen LogP contribution in [-0.4, -0.2) is 16.8 Å². The Bertz CT molecular complexity index is 702. The normalized spacial score (nSPS) is 11.3. The summed E-state index contributed by atoms with van der Waals surface area (Å²) in [7, 11) is 1.64. The average Bonchev–Trinajstić information content (AvgIpc) is 2.98. The number of aromatic nitrogens is 2. The number of ether oxygens (including phenoxy) is 1. The summed E-state index contributed by atoms with van der Waals surface area (Å²) >= 11 is 3.50. The van der Waals surface area contributed by atoms with Gasteiger partial charge in [0.15, 0.2) is 5.76 Å². The van der Waals surface area contributed by atoms with Crippen LogP contribution >= 0.6 is 15.9 Å². The maximum atomic E-state index is 5.19. The lowest BCUT2D eigenvalue weighted by Crippen LogP contribution is -1.97. The molecule has 0 aliphatic heterocycles. The fraction of sp³-hybridized carbons (Fsp3) is 0.214. The predicted molar refractivity (Wildman–Crippen MR) is 76.0 cm³/mol. The molecule has 1 aromatic carbocycles. The van der Waals surface area contributed by atoms with Crippen molar-refractivity contribution in [3.05, 3.63) is 52.5 Å². The lowest BCUT2D eigenvalue weighted by Gasteiger charge is -2.02. The van der Waals surface area contributed by atoms with Gasteiger partial charge in [-0.15, -0.1) is 0 Å². The highest BCUT2D eigenvalue weighted by atomic mass is 79.9. The minimum absolute atomic E-state index is 0.449. The second kappa shape index (κ2) is 5.19. The lowest BCUT2D eigenvalue weighted by molar-refractivity contribution is 0.155. The summed E-state index contributed by atoms with van der Waals surface area (Å²) in [5.74, 6) is 0.746. The molecule has 0 amide bonds. The van der Waals surface area contributed by atoms with Crippen LogP contribution < -0.4 is 0 Å². The summed E-state index contributed by atoms with van der Waals surface area (Å²) in [4.78, 5) is 0. The van der Waals surface area contributed by atoms with Gasteiger partial charge in [-0.2, -0.15) is 0 Å². The van der Waals surface area contributed by atoms with E-state index < -0.39 is 0 Å². The molecule has 0 N–H and O–H groups in total. The molecule has 0 aliphatic rings. The van der Waals surface area contributed by atoms with Crippen LogP contribution in [0.25, 0.3) is 10.9 Å². The minimum Gasteiger partial charge on any atom is -0.377 e. The Labute approximate surface area is 119 Å². The molecule has 19 heavy (non-hydrogen) atoms. The number of fused-ring (bicyclic) bond motifs is 1. The Morgan fingerprint density at radius 1 is 1.32 bits per heavy atom. The summed E-state index contributed by atoms with van der Waals surface area (Å²) in [6.45, 7) is 1.14. The maximum Gasteiger partial charge on any atom is 0.162 e. The lowest BCUT2D eigenvalue weighted by atomic mass is 10.2. The molecule has 0 spiro atoms. The molecule has 98 valence electrons. The molecule has 0 radical (unpaired) electrons. The Balaban J connectivity index is 1.89. The van der Waals surface area contributed by atoms with Crippen molar-refractivity contribution >= 4 is 26.8 Å². The van der Waals surface area contributed by atoms with Crippen LogP contribution in [0.2, 0.25) is 0 Å². The van der Waals surface area contributed by atoms with Gasteiger partial charge in [0.1, 0.15) is 12.3 Å². The van der Waals surface area contributed by atoms with Crippen LogP contribution in [0.3, 0.4) is 0 Å². The summed E-state index contributed by atoms with van der Waals surface area (Å²) in [6, 6.07) is 10.3. The first-order valence-electron chi connectivity index (χ1n) is 5.94. The Morgan fingerprint density at radius 3 is 3.05 bits per heavy atom. The van der Waals surface area contributed by atoms with Gasteiger partial charge in [0.25, 0.3) is 0 Å². The molecule has 0 unspecified atom stereocenters. The number of halogens is 1. The Hall–Kier alpha value is -1.59. The molecule has 0 saturated carbocycles. The van der Waals surface area contributed by atoms with E-state index in [1.807, 2.05) is 12.1 Å². The van der Waals surface area contributed by atoms with Crippen molar-refractivity contribution < 1.29 is 9.26 Å². The van der Waals surface area contributed by atoms with Crippen LogP contribution in [0.5, 0.6) is 0 Å². The number of hydrogen-bond donors (Lipinski definition) is 0. The van der Waals surface area contributed by atoms with Crippen molar-refractivity contribution in [2.24, 2.45) is 0 Å². The van der Waals surface area contributed by atoms with E-state index in [1.165, 1.54) is 10.9 Å². The first-order valence-corrected chi connectivity index (χ1v) is 6.73. The van der Waals surface area contributed by atoms with E-state index in [1.54, 1.807) is 7.11 Å². The van der Waals surface area contributed by atoms with E-state index in [2.05, 4.69) is 50.0 Å². The van der Waals surface area contributed by atoms with Crippen LogP contribution in [0.15, 0.2) is 45.5 Å². The molecule has 2 aromatic heterocycles. The smallest absolute Gasteiger partial charge is 0.162 e. The van der Waals surface area contributed by atoms with Crippen molar-refractivity contribution in [3.63, 3.8) is 0 Å². The van der Waals surface area contributed by atoms with Gasteiger partial charge in [-0.25, -0.2) is 0 Å². The molecule has 0 bridgehead atoms. The summed E-state index contributed by atoms with van der Waals surface area (Å²) in [6.07, 6.45) is 2.06. The van der Waals surface area contributed by atoms with Crippen LogP contribution in [0, 0.1) is 0 Å². The molecular formula is C14H13BrN2O2. The molecule has 2 heterocycles. The number of methoxy groups -OCH3 is 1. The zero-order valence-corrected chi connectivity index (χ0v) is 12.1. The molecule has 0 fully saturated rings. The number of hydrogen-bond acceptors (Lipinski definition) is 3. The number of benzene rings is 1. The third kappa shape index (κ3) is 2.57. The van der Waals surface area contributed by atoms with E-state index in [0.717, 1.165) is 15.9 Å². The van der Waals surface area contributed by atoms with Gasteiger partial charge < -0.3 is 13.8 Å². The average molecular weight is 321 g/mol. The van der Waals surface area contributed by atoms with Crippen molar-refractivity contribution in [1.29, 1.82) is 0 Å². The third-order valence-corrected chi connectivity index (χ3v) is 3.46. The SMILES string of the molecule is COCc1cc(Cn2ccc3ccc(Br)cc32)no1. The fourth-order valence-electron chi connectivity index (χ4n) is 2.11. The van der Waals surface area contributed by atoms with E-state index in [-0.39, 0.29) is 0 Å². The highest BCUT2D eigenvalue weighted by Gasteiger charge is 2.07. The van der Waals surface area contributed by atoms with Crippen molar-refractivity contribution in [1.82, 2.24) is 9.72 Å². The topological polar surface area (TPSA) is 40.2 Å². The van der Waals surface area contributed by atoms with E-state index in [4.69, 9.17) is 9.26 Å². The van der Waals surface area contributed by atoms with Gasteiger partial charge in [-0.3, -0.25) is 0 Å². The summed E-state index contributed by atoms with van der Waals surface area (Å²) in [5.41, 5.74) is 2.06. The van der Waals surface area contributed by atoms with Crippen LogP contribution in [0.4, 0.5) is 0 Å². The number of nitrogens with zero attached hydrogens (tertiary/aromatic N) is 2. The molecule has 3 aromatic rings. The molecule has 0 atom stereocenters. The van der Waals surface area contributed by atoms with Gasteiger partial charge in [0.2, 0.25) is 0 Å². The zero-order chi connectivity index (χ0) is 13.2. The standard InChI is InChI=1S/C14H13BrN2O2/c1-18-9-13-7-12(16-19-13)8-17-5-4-10-2-3-11(15)6-14(10)17/h2-7H,8-9H2,1H3. The van der Waals surface area contributed by atoms with Gasteiger partial charge >= 0.3 is 0 Å². The third-order valence-electron chi connectivity index (χ3n) is 2.96.